The largest absolute Gasteiger partial charge is 0.372 e. The maximum Gasteiger partial charge on any atom is 0.229 e. The molecule has 9 nitrogen and oxygen atoms in total. The Balaban J connectivity index is 0.685. The lowest BCUT2D eigenvalue weighted by Crippen LogP contribution is -2.35. The van der Waals surface area contributed by atoms with E-state index in [4.69, 9.17) is 9.51 Å². The Morgan fingerprint density at radius 3 is 2.35 bits per heavy atom. The van der Waals surface area contributed by atoms with Crippen molar-refractivity contribution in [3.8, 4) is 0 Å². The summed E-state index contributed by atoms with van der Waals surface area (Å²) in [4.78, 5) is 10.2. The molecule has 1 aliphatic heterocycles. The molecule has 5 saturated carbocycles. The van der Waals surface area contributed by atoms with Crippen LogP contribution >= 0.6 is 0 Å². The van der Waals surface area contributed by atoms with Gasteiger partial charge >= 0.3 is 0 Å². The van der Waals surface area contributed by atoms with Gasteiger partial charge in [0.2, 0.25) is 5.89 Å². The number of hydrogen-bond acceptors (Lipinski definition) is 8. The van der Waals surface area contributed by atoms with Gasteiger partial charge in [0.05, 0.1) is 5.69 Å². The quantitative estimate of drug-likeness (QED) is 0.158. The first-order valence-electron chi connectivity index (χ1n) is 19.9. The van der Waals surface area contributed by atoms with E-state index in [-0.39, 0.29) is 5.41 Å². The molecular weight excluding hydrogens is 633 g/mol. The Hall–Kier alpha value is -3.53. The number of aromatic nitrogens is 4. The molecule has 51 heavy (non-hydrogen) atoms. The minimum Gasteiger partial charge on any atom is -0.372 e. The summed E-state index contributed by atoms with van der Waals surface area (Å²) in [7, 11) is 4.33. The molecule has 2 N–H and O–H groups in total. The number of benzene rings is 2. The van der Waals surface area contributed by atoms with Gasteiger partial charge in [-0.05, 0) is 92.9 Å². The highest BCUT2D eigenvalue weighted by atomic mass is 16.5. The molecule has 2 aromatic carbocycles. The van der Waals surface area contributed by atoms with Crippen LogP contribution in [0.4, 0.5) is 5.69 Å². The summed E-state index contributed by atoms with van der Waals surface area (Å²) in [5.74, 6) is 3.47. The van der Waals surface area contributed by atoms with Crippen LogP contribution in [0.1, 0.15) is 116 Å². The van der Waals surface area contributed by atoms with Crippen molar-refractivity contribution in [3.05, 3.63) is 94.9 Å². The summed E-state index contributed by atoms with van der Waals surface area (Å²) in [5, 5.41) is 17.0. The number of nitrogens with one attached hydrogen (secondary N) is 2. The van der Waals surface area contributed by atoms with Crippen LogP contribution < -0.4 is 15.5 Å². The molecule has 5 fully saturated rings. The molecule has 10 rings (SSSR count). The molecule has 9 heteroatoms. The molecule has 0 spiro atoms. The Kier molecular flexibility index (Phi) is 7.92. The molecule has 4 atom stereocenters. The summed E-state index contributed by atoms with van der Waals surface area (Å²) < 4.78 is 7.92. The third kappa shape index (κ3) is 6.55. The number of rotatable bonds is 14. The Labute approximate surface area is 302 Å². The number of nitrogens with zero attached hydrogens (tertiary/aromatic N) is 6. The maximum absolute atomic E-state index is 5.96. The van der Waals surface area contributed by atoms with Crippen LogP contribution in [0.2, 0.25) is 0 Å². The zero-order valence-electron chi connectivity index (χ0n) is 30.4. The van der Waals surface area contributed by atoms with E-state index in [0.29, 0.717) is 41.3 Å². The zero-order valence-corrected chi connectivity index (χ0v) is 30.4. The molecule has 268 valence electrons. The van der Waals surface area contributed by atoms with E-state index >= 15 is 0 Å². The van der Waals surface area contributed by atoms with Gasteiger partial charge in [-0.3, -0.25) is 9.58 Å². The number of hydrogen-bond donors (Lipinski definition) is 2. The second kappa shape index (κ2) is 12.6. The van der Waals surface area contributed by atoms with Gasteiger partial charge in [0.25, 0.3) is 0 Å². The van der Waals surface area contributed by atoms with E-state index in [1.807, 2.05) is 11.7 Å². The smallest absolute Gasteiger partial charge is 0.229 e. The fourth-order valence-electron chi connectivity index (χ4n) is 9.61. The van der Waals surface area contributed by atoms with Gasteiger partial charge in [-0.2, -0.15) is 10.1 Å². The number of aryl methyl sites for hydroxylation is 1. The standard InChI is InChI=1S/C42H54N8O/c1-48-22-31-23-50(24-38(31)46-48)27-41(15-16-41)25-43-37-21-35(37)30-9-6-10-33(19-30)49(2)32-13-11-29(12-14-32)39-45-40(47-51-39)42(17-18-42)26-44-36-20-34(36)28-7-4-3-5-8-28/h3-10,19,22,29,32,34-37,43-44H,11-18,20-21,23-27H2,1-2H3/t29-,32-,34?,35?,36?,37-/m0/s1. The zero-order chi connectivity index (χ0) is 34.2. The van der Waals surface area contributed by atoms with Crippen molar-refractivity contribution in [2.24, 2.45) is 12.5 Å². The molecule has 5 aliphatic carbocycles. The first-order valence-corrected chi connectivity index (χ1v) is 19.9. The average molecular weight is 687 g/mol. The molecule has 2 aromatic heterocycles. The van der Waals surface area contributed by atoms with Crippen LogP contribution in [0.5, 0.6) is 0 Å². The highest BCUT2D eigenvalue weighted by Gasteiger charge is 2.51. The number of anilines is 1. The van der Waals surface area contributed by atoms with Gasteiger partial charge in [0, 0.05) is 106 Å². The third-order valence-electron chi connectivity index (χ3n) is 13.6. The van der Waals surface area contributed by atoms with E-state index in [2.05, 4.69) is 98.5 Å². The van der Waals surface area contributed by atoms with Crippen molar-refractivity contribution >= 4 is 5.69 Å². The molecule has 0 saturated heterocycles. The molecule has 0 radical (unpaired) electrons. The van der Waals surface area contributed by atoms with Crippen LogP contribution in [0.3, 0.4) is 0 Å². The van der Waals surface area contributed by atoms with Crippen molar-refractivity contribution in [2.75, 3.05) is 31.6 Å². The van der Waals surface area contributed by atoms with E-state index in [9.17, 15) is 0 Å². The molecule has 3 heterocycles. The lowest BCUT2D eigenvalue weighted by molar-refractivity contribution is 0.216. The summed E-state index contributed by atoms with van der Waals surface area (Å²) in [6, 6.07) is 22.1. The second-order valence-electron chi connectivity index (χ2n) is 17.4. The minimum absolute atomic E-state index is 0.0717. The number of fused-ring (bicyclic) bond motifs is 1. The SMILES string of the molecule is Cn1cc2c(n1)CN(CC1(CN[C@H]3CC3c3cccc(N(C)[C@H]4CC[C@H](c5nc(C6(CNC7CC7c7ccccc7)CC6)no5)CC4)c3)CC1)C2. The van der Waals surface area contributed by atoms with Crippen molar-refractivity contribution in [1.29, 1.82) is 0 Å². The predicted molar refractivity (Wildman–Crippen MR) is 199 cm³/mol. The van der Waals surface area contributed by atoms with Crippen molar-refractivity contribution in [3.63, 3.8) is 0 Å². The topological polar surface area (TPSA) is 87.3 Å². The third-order valence-corrected chi connectivity index (χ3v) is 13.6. The van der Waals surface area contributed by atoms with Crippen LogP contribution in [-0.2, 0) is 25.6 Å². The van der Waals surface area contributed by atoms with Gasteiger partial charge in [-0.1, -0.05) is 47.6 Å². The average Bonchev–Trinajstić information content (AvgIpc) is 4.06. The molecule has 0 bridgehead atoms. The Bertz CT molecular complexity index is 1830. The van der Waals surface area contributed by atoms with E-state index in [1.54, 1.807) is 0 Å². The minimum atomic E-state index is 0.0717. The molecule has 6 aliphatic rings. The van der Waals surface area contributed by atoms with Crippen molar-refractivity contribution < 1.29 is 4.52 Å². The Morgan fingerprint density at radius 2 is 1.61 bits per heavy atom. The molecule has 0 amide bonds. The van der Waals surface area contributed by atoms with Crippen LogP contribution in [0, 0.1) is 5.41 Å². The van der Waals surface area contributed by atoms with Gasteiger partial charge in [0.1, 0.15) is 0 Å². The molecule has 4 aromatic rings. The monoisotopic (exact) mass is 686 g/mol. The highest BCUT2D eigenvalue weighted by Crippen LogP contribution is 2.50. The lowest BCUT2D eigenvalue weighted by atomic mass is 9.85. The summed E-state index contributed by atoms with van der Waals surface area (Å²) in [5.41, 5.74) is 7.53. The summed E-state index contributed by atoms with van der Waals surface area (Å²) >= 11 is 0. The Morgan fingerprint density at radius 1 is 0.863 bits per heavy atom. The van der Waals surface area contributed by atoms with Gasteiger partial charge < -0.3 is 20.1 Å². The van der Waals surface area contributed by atoms with Crippen LogP contribution in [0.25, 0.3) is 0 Å². The molecular formula is C42H54N8O. The van der Waals surface area contributed by atoms with E-state index < -0.39 is 0 Å². The summed E-state index contributed by atoms with van der Waals surface area (Å²) in [6.07, 6.45) is 14.2. The highest BCUT2D eigenvalue weighted by molar-refractivity contribution is 5.51. The van der Waals surface area contributed by atoms with Crippen LogP contribution in [0.15, 0.2) is 65.3 Å². The lowest BCUT2D eigenvalue weighted by Gasteiger charge is -2.35. The van der Waals surface area contributed by atoms with Crippen molar-refractivity contribution in [2.45, 2.75) is 119 Å². The normalized spacial score (nSPS) is 29.8. The van der Waals surface area contributed by atoms with E-state index in [0.717, 1.165) is 76.4 Å². The fraction of sp³-hybridized carbons (Fsp3) is 0.595. The predicted octanol–water partition coefficient (Wildman–Crippen LogP) is 6.38. The fourth-order valence-corrected chi connectivity index (χ4v) is 9.61. The molecule has 3 unspecified atom stereocenters. The van der Waals surface area contributed by atoms with Crippen LogP contribution in [-0.4, -0.2) is 69.6 Å². The van der Waals surface area contributed by atoms with Gasteiger partial charge in [-0.25, -0.2) is 0 Å². The summed E-state index contributed by atoms with van der Waals surface area (Å²) in [6.45, 7) is 5.38. The van der Waals surface area contributed by atoms with Gasteiger partial charge in [0.15, 0.2) is 5.82 Å². The first kappa shape index (κ1) is 32.1. The second-order valence-corrected chi connectivity index (χ2v) is 17.4. The van der Waals surface area contributed by atoms with E-state index in [1.165, 1.54) is 60.3 Å². The van der Waals surface area contributed by atoms with Gasteiger partial charge in [-0.15, -0.1) is 0 Å². The first-order chi connectivity index (χ1) is 24.9. The maximum atomic E-state index is 5.96. The van der Waals surface area contributed by atoms with Crippen molar-refractivity contribution in [1.82, 2.24) is 35.5 Å².